The molecule has 118 valence electrons. The number of benzene rings is 2. The summed E-state index contributed by atoms with van der Waals surface area (Å²) in [6, 6.07) is 16.0. The minimum atomic E-state index is -0.0730. The lowest BCUT2D eigenvalue weighted by molar-refractivity contribution is 1.09. The fourth-order valence-electron chi connectivity index (χ4n) is 2.57. The Morgan fingerprint density at radius 1 is 0.917 bits per heavy atom. The normalized spacial score (nSPS) is 12.2. The topological polar surface area (TPSA) is 47.3 Å². The summed E-state index contributed by atoms with van der Waals surface area (Å²) in [5, 5.41) is 8.35. The molecule has 2 heterocycles. The second kappa shape index (κ2) is 5.69. The summed E-state index contributed by atoms with van der Waals surface area (Å²) >= 11 is 1.36. The van der Waals surface area contributed by atoms with E-state index in [-0.39, 0.29) is 5.56 Å². The Balaban J connectivity index is 1.89. The van der Waals surface area contributed by atoms with E-state index in [1.165, 1.54) is 22.5 Å². The second-order valence-electron chi connectivity index (χ2n) is 5.83. The molecule has 0 radical (unpaired) electrons. The molecule has 0 spiro atoms. The van der Waals surface area contributed by atoms with Crippen LogP contribution >= 0.6 is 11.3 Å². The molecule has 0 amide bonds. The maximum atomic E-state index is 12.8. The highest BCUT2D eigenvalue weighted by Crippen LogP contribution is 2.18. The van der Waals surface area contributed by atoms with Crippen LogP contribution in [0.15, 0.2) is 53.3 Å². The van der Waals surface area contributed by atoms with Crippen molar-refractivity contribution in [2.45, 2.75) is 13.8 Å². The van der Waals surface area contributed by atoms with Crippen LogP contribution in [-0.2, 0) is 0 Å². The Kier molecular flexibility index (Phi) is 3.50. The monoisotopic (exact) mass is 333 g/mol. The number of hydrogen-bond donors (Lipinski definition) is 0. The zero-order valence-corrected chi connectivity index (χ0v) is 14.2. The molecule has 0 aliphatic heterocycles. The number of aryl methyl sites for hydroxylation is 2. The summed E-state index contributed by atoms with van der Waals surface area (Å²) in [4.78, 5) is 13.4. The van der Waals surface area contributed by atoms with Gasteiger partial charge in [-0.2, -0.15) is 0 Å². The maximum Gasteiger partial charge on any atom is 0.276 e. The SMILES string of the molecule is Cc1ccc(C=c2sc3nnc(-c4ccc(C)cc4)n3c2=O)cc1. The van der Waals surface area contributed by atoms with Crippen molar-refractivity contribution < 1.29 is 0 Å². The van der Waals surface area contributed by atoms with E-state index in [4.69, 9.17) is 0 Å². The standard InChI is InChI=1S/C19H15N3OS/c1-12-3-7-14(8-4-12)11-16-18(23)22-17(20-21-19(22)24-16)15-9-5-13(2)6-10-15/h3-11H,1-2H3. The number of nitrogens with zero attached hydrogens (tertiary/aromatic N) is 3. The zero-order chi connectivity index (χ0) is 16.7. The van der Waals surface area contributed by atoms with E-state index >= 15 is 0 Å². The first kappa shape index (κ1) is 14.8. The Bertz CT molecular complexity index is 1120. The second-order valence-corrected chi connectivity index (χ2v) is 6.84. The minimum Gasteiger partial charge on any atom is -0.267 e. The van der Waals surface area contributed by atoms with Gasteiger partial charge >= 0.3 is 0 Å². The van der Waals surface area contributed by atoms with E-state index in [0.29, 0.717) is 15.3 Å². The zero-order valence-electron chi connectivity index (χ0n) is 13.4. The van der Waals surface area contributed by atoms with Gasteiger partial charge in [0.05, 0.1) is 4.53 Å². The van der Waals surface area contributed by atoms with Crippen molar-refractivity contribution in [3.8, 4) is 11.4 Å². The Hall–Kier alpha value is -2.79. The van der Waals surface area contributed by atoms with Gasteiger partial charge in [0.2, 0.25) is 4.96 Å². The number of thiazole rings is 1. The van der Waals surface area contributed by atoms with Crippen LogP contribution in [0.1, 0.15) is 16.7 Å². The van der Waals surface area contributed by atoms with E-state index < -0.39 is 0 Å². The van der Waals surface area contributed by atoms with Gasteiger partial charge in [-0.3, -0.25) is 4.79 Å². The molecule has 4 rings (SSSR count). The maximum absolute atomic E-state index is 12.8. The molecule has 2 aromatic carbocycles. The van der Waals surface area contributed by atoms with Gasteiger partial charge in [-0.15, -0.1) is 10.2 Å². The molecule has 5 heteroatoms. The predicted octanol–water partition coefficient (Wildman–Crippen LogP) is 2.98. The van der Waals surface area contributed by atoms with Crippen LogP contribution in [0.25, 0.3) is 22.4 Å². The lowest BCUT2D eigenvalue weighted by Gasteiger charge is -1.97. The van der Waals surface area contributed by atoms with Gasteiger partial charge in [-0.1, -0.05) is 71.0 Å². The van der Waals surface area contributed by atoms with Crippen molar-refractivity contribution in [3.63, 3.8) is 0 Å². The smallest absolute Gasteiger partial charge is 0.267 e. The molecule has 0 saturated carbocycles. The molecule has 2 aromatic heterocycles. The summed E-state index contributed by atoms with van der Waals surface area (Å²) in [6.45, 7) is 4.07. The fourth-order valence-corrected chi connectivity index (χ4v) is 3.48. The number of rotatable bonds is 2. The Morgan fingerprint density at radius 2 is 1.54 bits per heavy atom. The largest absolute Gasteiger partial charge is 0.276 e. The average Bonchev–Trinajstić information content (AvgIpc) is 3.12. The van der Waals surface area contributed by atoms with E-state index in [2.05, 4.69) is 10.2 Å². The van der Waals surface area contributed by atoms with Crippen molar-refractivity contribution in [2.75, 3.05) is 0 Å². The van der Waals surface area contributed by atoms with Gasteiger partial charge in [0.1, 0.15) is 0 Å². The van der Waals surface area contributed by atoms with Crippen molar-refractivity contribution in [1.29, 1.82) is 0 Å². The highest BCUT2D eigenvalue weighted by molar-refractivity contribution is 7.15. The van der Waals surface area contributed by atoms with Gasteiger partial charge in [0.15, 0.2) is 5.82 Å². The third kappa shape index (κ3) is 2.53. The molecule has 0 aliphatic carbocycles. The molecule has 0 aliphatic rings. The molecule has 4 aromatic rings. The van der Waals surface area contributed by atoms with Crippen molar-refractivity contribution in [1.82, 2.24) is 14.6 Å². The molecule has 0 bridgehead atoms. The lowest BCUT2D eigenvalue weighted by Crippen LogP contribution is -2.23. The highest BCUT2D eigenvalue weighted by Gasteiger charge is 2.13. The third-order valence-corrected chi connectivity index (χ3v) is 4.89. The molecular formula is C19H15N3OS. The van der Waals surface area contributed by atoms with Crippen LogP contribution in [0.3, 0.4) is 0 Å². The van der Waals surface area contributed by atoms with Crippen molar-refractivity contribution in [3.05, 3.63) is 80.1 Å². The average molecular weight is 333 g/mol. The lowest BCUT2D eigenvalue weighted by atomic mass is 10.1. The van der Waals surface area contributed by atoms with Gasteiger partial charge in [0, 0.05) is 5.56 Å². The molecule has 0 unspecified atom stereocenters. The van der Waals surface area contributed by atoms with Gasteiger partial charge < -0.3 is 0 Å². The molecular weight excluding hydrogens is 318 g/mol. The van der Waals surface area contributed by atoms with E-state index in [1.54, 1.807) is 4.40 Å². The highest BCUT2D eigenvalue weighted by atomic mass is 32.1. The van der Waals surface area contributed by atoms with Crippen molar-refractivity contribution >= 4 is 22.4 Å². The van der Waals surface area contributed by atoms with Crippen LogP contribution in [0.4, 0.5) is 0 Å². The molecule has 0 atom stereocenters. The first-order valence-corrected chi connectivity index (χ1v) is 8.47. The number of hydrogen-bond acceptors (Lipinski definition) is 4. The van der Waals surface area contributed by atoms with Crippen molar-refractivity contribution in [2.24, 2.45) is 0 Å². The van der Waals surface area contributed by atoms with Gasteiger partial charge in [0.25, 0.3) is 5.56 Å². The van der Waals surface area contributed by atoms with Gasteiger partial charge in [-0.25, -0.2) is 4.40 Å². The number of fused-ring (bicyclic) bond motifs is 1. The Morgan fingerprint density at radius 3 is 2.21 bits per heavy atom. The molecule has 0 N–H and O–H groups in total. The summed E-state index contributed by atoms with van der Waals surface area (Å²) < 4.78 is 2.26. The van der Waals surface area contributed by atoms with Crippen LogP contribution in [0, 0.1) is 13.8 Å². The summed E-state index contributed by atoms with van der Waals surface area (Å²) in [5.74, 6) is 0.592. The van der Waals surface area contributed by atoms with Crippen LogP contribution in [0.2, 0.25) is 0 Å². The molecule has 24 heavy (non-hydrogen) atoms. The Labute approximate surface area is 142 Å². The minimum absolute atomic E-state index is 0.0730. The molecule has 0 saturated heterocycles. The third-order valence-electron chi connectivity index (χ3n) is 3.93. The molecule has 4 nitrogen and oxygen atoms in total. The van der Waals surface area contributed by atoms with Crippen LogP contribution < -0.4 is 10.1 Å². The summed E-state index contributed by atoms with van der Waals surface area (Å²) in [6.07, 6.45) is 1.90. The van der Waals surface area contributed by atoms with E-state index in [1.807, 2.05) is 68.5 Å². The molecule has 0 fully saturated rings. The fraction of sp³-hybridized carbons (Fsp3) is 0.105. The predicted molar refractivity (Wildman–Crippen MR) is 97.3 cm³/mol. The van der Waals surface area contributed by atoms with E-state index in [9.17, 15) is 4.79 Å². The van der Waals surface area contributed by atoms with Gasteiger partial charge in [-0.05, 0) is 25.5 Å². The quantitative estimate of drug-likeness (QED) is 0.566. The first-order chi connectivity index (χ1) is 11.6. The first-order valence-electron chi connectivity index (χ1n) is 7.65. The van der Waals surface area contributed by atoms with Crippen LogP contribution in [-0.4, -0.2) is 14.6 Å². The summed E-state index contributed by atoms with van der Waals surface area (Å²) in [7, 11) is 0. The van der Waals surface area contributed by atoms with Crippen LogP contribution in [0.5, 0.6) is 0 Å². The van der Waals surface area contributed by atoms with E-state index in [0.717, 1.165) is 11.1 Å². The summed E-state index contributed by atoms with van der Waals surface area (Å²) in [5.41, 5.74) is 4.19. The number of aromatic nitrogens is 3.